The van der Waals surface area contributed by atoms with Crippen molar-refractivity contribution in [2.75, 3.05) is 0 Å². The highest BCUT2D eigenvalue weighted by Crippen LogP contribution is 2.17. The summed E-state index contributed by atoms with van der Waals surface area (Å²) in [5, 5.41) is 3.08. The molecule has 1 saturated carbocycles. The Hall–Kier alpha value is -1.65. The van der Waals surface area contributed by atoms with Crippen molar-refractivity contribution < 1.29 is 4.79 Å². The van der Waals surface area contributed by atoms with Gasteiger partial charge in [0.2, 0.25) is 5.91 Å². The number of rotatable bonds is 3. The Kier molecular flexibility index (Phi) is 4.35. The van der Waals surface area contributed by atoms with Crippen LogP contribution in [0.2, 0.25) is 0 Å². The van der Waals surface area contributed by atoms with Crippen LogP contribution in [0, 0.1) is 13.8 Å². The van der Waals surface area contributed by atoms with Crippen molar-refractivity contribution >= 4 is 5.91 Å². The zero-order chi connectivity index (χ0) is 13.8. The van der Waals surface area contributed by atoms with Crippen molar-refractivity contribution in [3.05, 3.63) is 27.4 Å². The Morgan fingerprint density at radius 2 is 2.00 bits per heavy atom. The molecule has 0 atom stereocenters. The Morgan fingerprint density at radius 1 is 1.32 bits per heavy atom. The standard InChI is InChI=1S/C14H21N3O2/c1-9-12(10(2)16-14(19)15-9)8-13(18)17-11-6-4-3-5-7-11/h11H,3-8H2,1-2H3,(H,17,18)(H,15,16,19). The molecule has 104 valence electrons. The van der Waals surface area contributed by atoms with Crippen LogP contribution in [0.4, 0.5) is 0 Å². The second-order valence-electron chi connectivity index (χ2n) is 5.31. The molecule has 19 heavy (non-hydrogen) atoms. The number of amides is 1. The van der Waals surface area contributed by atoms with Gasteiger partial charge < -0.3 is 10.3 Å². The summed E-state index contributed by atoms with van der Waals surface area (Å²) in [5.41, 5.74) is 1.84. The summed E-state index contributed by atoms with van der Waals surface area (Å²) in [5.74, 6) is 0.0203. The number of hydrogen-bond acceptors (Lipinski definition) is 3. The smallest absolute Gasteiger partial charge is 0.345 e. The summed E-state index contributed by atoms with van der Waals surface area (Å²) >= 11 is 0. The number of carbonyl (C=O) groups excluding carboxylic acids is 1. The lowest BCUT2D eigenvalue weighted by atomic mass is 9.95. The van der Waals surface area contributed by atoms with Gasteiger partial charge >= 0.3 is 5.69 Å². The monoisotopic (exact) mass is 263 g/mol. The summed E-state index contributed by atoms with van der Waals surface area (Å²) in [7, 11) is 0. The van der Waals surface area contributed by atoms with Crippen molar-refractivity contribution in [2.24, 2.45) is 0 Å². The molecule has 0 bridgehead atoms. The van der Waals surface area contributed by atoms with Gasteiger partial charge in [-0.25, -0.2) is 4.79 Å². The van der Waals surface area contributed by atoms with Gasteiger partial charge in [-0.15, -0.1) is 0 Å². The lowest BCUT2D eigenvalue weighted by Crippen LogP contribution is -2.37. The highest BCUT2D eigenvalue weighted by molar-refractivity contribution is 5.79. The van der Waals surface area contributed by atoms with Gasteiger partial charge in [-0.05, 0) is 26.7 Å². The fourth-order valence-electron chi connectivity index (χ4n) is 2.70. The molecule has 0 aromatic carbocycles. The van der Waals surface area contributed by atoms with E-state index in [1.807, 2.05) is 0 Å². The predicted octanol–water partition coefficient (Wildman–Crippen LogP) is 1.38. The number of aromatic amines is 1. The number of aryl methyl sites for hydroxylation is 2. The molecule has 5 nitrogen and oxygen atoms in total. The molecule has 5 heteroatoms. The first-order chi connectivity index (χ1) is 9.06. The molecule has 2 rings (SSSR count). The average molecular weight is 263 g/mol. The first-order valence-electron chi connectivity index (χ1n) is 6.92. The van der Waals surface area contributed by atoms with Crippen LogP contribution in [0.5, 0.6) is 0 Å². The SMILES string of the molecule is Cc1nc(=O)[nH]c(C)c1CC(=O)NC1CCCCC1. The highest BCUT2D eigenvalue weighted by atomic mass is 16.2. The van der Waals surface area contributed by atoms with Gasteiger partial charge in [0.05, 0.1) is 6.42 Å². The number of H-pyrrole nitrogens is 1. The Labute approximate surface area is 112 Å². The Bertz CT molecular complexity index is 490. The molecule has 1 aliphatic carbocycles. The van der Waals surface area contributed by atoms with Crippen molar-refractivity contribution in [1.82, 2.24) is 15.3 Å². The third-order valence-corrected chi connectivity index (χ3v) is 3.76. The van der Waals surface area contributed by atoms with Gasteiger partial charge in [-0.2, -0.15) is 4.98 Å². The van der Waals surface area contributed by atoms with E-state index in [0.717, 1.165) is 24.1 Å². The Morgan fingerprint density at radius 3 is 2.63 bits per heavy atom. The molecule has 1 fully saturated rings. The van der Waals surface area contributed by atoms with Gasteiger partial charge in [0.25, 0.3) is 0 Å². The minimum absolute atomic E-state index is 0.0203. The second kappa shape index (κ2) is 5.99. The van der Waals surface area contributed by atoms with Crippen molar-refractivity contribution in [2.45, 2.75) is 58.4 Å². The fourth-order valence-corrected chi connectivity index (χ4v) is 2.70. The van der Waals surface area contributed by atoms with Crippen molar-refractivity contribution in [3.8, 4) is 0 Å². The van der Waals surface area contributed by atoms with Crippen LogP contribution < -0.4 is 11.0 Å². The minimum atomic E-state index is -0.355. The fraction of sp³-hybridized carbons (Fsp3) is 0.643. The van der Waals surface area contributed by atoms with Gasteiger partial charge in [0, 0.05) is 23.0 Å². The number of nitrogens with one attached hydrogen (secondary N) is 2. The van der Waals surface area contributed by atoms with E-state index in [1.54, 1.807) is 13.8 Å². The largest absolute Gasteiger partial charge is 0.353 e. The van der Waals surface area contributed by atoms with E-state index in [2.05, 4.69) is 15.3 Å². The summed E-state index contributed by atoms with van der Waals surface area (Å²) < 4.78 is 0. The van der Waals surface area contributed by atoms with E-state index in [-0.39, 0.29) is 18.0 Å². The molecule has 1 heterocycles. The van der Waals surface area contributed by atoms with Crippen LogP contribution in [0.1, 0.15) is 49.1 Å². The lowest BCUT2D eigenvalue weighted by molar-refractivity contribution is -0.121. The van der Waals surface area contributed by atoms with Crippen LogP contribution in [0.15, 0.2) is 4.79 Å². The molecule has 1 amide bonds. The number of nitrogens with zero attached hydrogens (tertiary/aromatic N) is 1. The summed E-state index contributed by atoms with van der Waals surface area (Å²) in [6.45, 7) is 3.57. The third-order valence-electron chi connectivity index (χ3n) is 3.76. The van der Waals surface area contributed by atoms with E-state index in [0.29, 0.717) is 11.7 Å². The van der Waals surface area contributed by atoms with Crippen LogP contribution in [0.25, 0.3) is 0 Å². The molecule has 0 unspecified atom stereocenters. The molecule has 0 radical (unpaired) electrons. The molecular weight excluding hydrogens is 242 g/mol. The molecule has 1 aromatic heterocycles. The molecule has 0 aliphatic heterocycles. The topological polar surface area (TPSA) is 74.8 Å². The second-order valence-corrected chi connectivity index (χ2v) is 5.31. The highest BCUT2D eigenvalue weighted by Gasteiger charge is 2.17. The van der Waals surface area contributed by atoms with E-state index >= 15 is 0 Å². The van der Waals surface area contributed by atoms with Gasteiger partial charge in [0.15, 0.2) is 0 Å². The first-order valence-corrected chi connectivity index (χ1v) is 6.92. The molecule has 2 N–H and O–H groups in total. The molecule has 0 saturated heterocycles. The first kappa shape index (κ1) is 13.8. The van der Waals surface area contributed by atoms with Gasteiger partial charge in [-0.3, -0.25) is 4.79 Å². The maximum absolute atomic E-state index is 12.0. The van der Waals surface area contributed by atoms with E-state index in [9.17, 15) is 9.59 Å². The van der Waals surface area contributed by atoms with E-state index < -0.39 is 0 Å². The molecule has 0 spiro atoms. The van der Waals surface area contributed by atoms with E-state index in [4.69, 9.17) is 0 Å². The van der Waals surface area contributed by atoms with Crippen LogP contribution in [-0.2, 0) is 11.2 Å². The summed E-state index contributed by atoms with van der Waals surface area (Å²) in [6.07, 6.45) is 6.11. The zero-order valence-electron chi connectivity index (χ0n) is 11.6. The minimum Gasteiger partial charge on any atom is -0.353 e. The van der Waals surface area contributed by atoms with E-state index in [1.165, 1.54) is 19.3 Å². The van der Waals surface area contributed by atoms with Crippen LogP contribution >= 0.6 is 0 Å². The summed E-state index contributed by atoms with van der Waals surface area (Å²) in [6, 6.07) is 0.317. The predicted molar refractivity (Wildman–Crippen MR) is 73.1 cm³/mol. The van der Waals surface area contributed by atoms with Gasteiger partial charge in [0.1, 0.15) is 0 Å². The molecule has 1 aromatic rings. The van der Waals surface area contributed by atoms with Crippen LogP contribution in [0.3, 0.4) is 0 Å². The quantitative estimate of drug-likeness (QED) is 0.865. The number of hydrogen-bond donors (Lipinski definition) is 2. The average Bonchev–Trinajstić information content (AvgIpc) is 2.35. The summed E-state index contributed by atoms with van der Waals surface area (Å²) in [4.78, 5) is 29.7. The molecule has 1 aliphatic rings. The zero-order valence-corrected chi connectivity index (χ0v) is 11.6. The van der Waals surface area contributed by atoms with Gasteiger partial charge in [-0.1, -0.05) is 19.3 Å². The Balaban J connectivity index is 2.00. The maximum atomic E-state index is 12.0. The third kappa shape index (κ3) is 3.66. The van der Waals surface area contributed by atoms with Crippen molar-refractivity contribution in [1.29, 1.82) is 0 Å². The molecular formula is C14H21N3O2. The van der Waals surface area contributed by atoms with Crippen LogP contribution in [-0.4, -0.2) is 21.9 Å². The maximum Gasteiger partial charge on any atom is 0.345 e. The normalized spacial score (nSPS) is 16.3. The lowest BCUT2D eigenvalue weighted by Gasteiger charge is -2.23. The number of carbonyl (C=O) groups is 1. The van der Waals surface area contributed by atoms with Crippen molar-refractivity contribution in [3.63, 3.8) is 0 Å². The number of aromatic nitrogens is 2.